The number of aliphatic hydroxyl groups is 1. The van der Waals surface area contributed by atoms with E-state index in [1.807, 2.05) is 7.05 Å². The number of hydrogen-bond acceptors (Lipinski definition) is 4. The van der Waals surface area contributed by atoms with Gasteiger partial charge in [-0.2, -0.15) is 0 Å². The van der Waals surface area contributed by atoms with Crippen LogP contribution in [0.3, 0.4) is 0 Å². The second-order valence-electron chi connectivity index (χ2n) is 4.08. The van der Waals surface area contributed by atoms with Gasteiger partial charge in [0, 0.05) is 20.1 Å². The number of nitrogens with zero attached hydrogens (tertiary/aromatic N) is 4. The number of aromatic nitrogens is 3. The summed E-state index contributed by atoms with van der Waals surface area (Å²) in [5, 5.41) is 18.1. The van der Waals surface area contributed by atoms with Crippen molar-refractivity contribution in [2.24, 2.45) is 7.05 Å². The van der Waals surface area contributed by atoms with Gasteiger partial charge in [-0.25, -0.2) is 4.68 Å². The van der Waals surface area contributed by atoms with E-state index in [9.17, 15) is 5.11 Å². The highest BCUT2D eigenvalue weighted by Gasteiger charge is 2.35. The first-order chi connectivity index (χ1) is 6.62. The zero-order chi connectivity index (χ0) is 10.2. The number of aryl methyl sites for hydroxylation is 1. The van der Waals surface area contributed by atoms with Crippen LogP contribution in [-0.4, -0.2) is 45.1 Å². The summed E-state index contributed by atoms with van der Waals surface area (Å²) in [6.45, 7) is 1.84. The molecule has 1 aliphatic heterocycles. The molecule has 0 unspecified atom stereocenters. The molecule has 0 radical (unpaired) electrons. The third-order valence-corrected chi connectivity index (χ3v) is 3.01. The lowest BCUT2D eigenvalue weighted by molar-refractivity contribution is -0.0267. The molecule has 0 saturated carbocycles. The van der Waals surface area contributed by atoms with Gasteiger partial charge >= 0.3 is 0 Å². The zero-order valence-electron chi connectivity index (χ0n) is 8.64. The van der Waals surface area contributed by atoms with Crippen molar-refractivity contribution in [1.82, 2.24) is 19.9 Å². The van der Waals surface area contributed by atoms with E-state index >= 15 is 0 Å². The first kappa shape index (κ1) is 9.61. The number of piperidine rings is 1. The Labute approximate surface area is 83.3 Å². The summed E-state index contributed by atoms with van der Waals surface area (Å²) in [5.74, 6) is 0. The molecule has 1 aliphatic rings. The predicted octanol–water partition coefficient (Wildman–Crippen LogP) is -0.272. The molecule has 0 amide bonds. The Morgan fingerprint density at radius 2 is 2.00 bits per heavy atom. The largest absolute Gasteiger partial charge is 0.383 e. The molecule has 1 aromatic heterocycles. The minimum atomic E-state index is -0.731. The molecule has 2 heterocycles. The molecular weight excluding hydrogens is 180 g/mol. The van der Waals surface area contributed by atoms with Gasteiger partial charge < -0.3 is 10.0 Å². The van der Waals surface area contributed by atoms with E-state index < -0.39 is 5.60 Å². The van der Waals surface area contributed by atoms with Gasteiger partial charge in [-0.1, -0.05) is 5.21 Å². The van der Waals surface area contributed by atoms with Crippen LogP contribution in [0.5, 0.6) is 0 Å². The fourth-order valence-corrected chi connectivity index (χ4v) is 1.96. The van der Waals surface area contributed by atoms with Crippen molar-refractivity contribution in [2.45, 2.75) is 18.4 Å². The van der Waals surface area contributed by atoms with Gasteiger partial charge in [0.1, 0.15) is 5.60 Å². The maximum absolute atomic E-state index is 10.4. The van der Waals surface area contributed by atoms with Crippen molar-refractivity contribution in [3.8, 4) is 0 Å². The van der Waals surface area contributed by atoms with E-state index in [4.69, 9.17) is 0 Å². The molecule has 1 fully saturated rings. The van der Waals surface area contributed by atoms with Crippen molar-refractivity contribution in [1.29, 1.82) is 0 Å². The maximum atomic E-state index is 10.4. The normalized spacial score (nSPS) is 22.5. The minimum absolute atomic E-state index is 0.731. The minimum Gasteiger partial charge on any atom is -0.383 e. The predicted molar refractivity (Wildman–Crippen MR) is 51.6 cm³/mol. The number of hydrogen-bond donors (Lipinski definition) is 1. The Kier molecular flexibility index (Phi) is 2.28. The summed E-state index contributed by atoms with van der Waals surface area (Å²) < 4.78 is 1.66. The molecule has 1 N–H and O–H groups in total. The lowest BCUT2D eigenvalue weighted by atomic mass is 9.89. The quantitative estimate of drug-likeness (QED) is 0.671. The third-order valence-electron chi connectivity index (χ3n) is 3.01. The first-order valence-electron chi connectivity index (χ1n) is 4.88. The Balaban J connectivity index is 2.21. The standard InChI is InChI=1S/C9H16N4O/c1-12-5-3-9(14,4-6-12)8-7-10-11-13(8)2/h7,14H,3-6H2,1-2H3. The van der Waals surface area contributed by atoms with Crippen molar-refractivity contribution in [3.05, 3.63) is 11.9 Å². The van der Waals surface area contributed by atoms with Crippen molar-refractivity contribution < 1.29 is 5.11 Å². The molecule has 5 nitrogen and oxygen atoms in total. The summed E-state index contributed by atoms with van der Waals surface area (Å²) in [6, 6.07) is 0. The Bertz CT molecular complexity index is 314. The van der Waals surface area contributed by atoms with E-state index in [2.05, 4.69) is 22.3 Å². The van der Waals surface area contributed by atoms with Gasteiger partial charge in [0.25, 0.3) is 0 Å². The average molecular weight is 196 g/mol. The Morgan fingerprint density at radius 1 is 1.36 bits per heavy atom. The molecule has 0 atom stereocenters. The number of likely N-dealkylation sites (tertiary alicyclic amines) is 1. The van der Waals surface area contributed by atoms with Crippen LogP contribution in [0.15, 0.2) is 6.20 Å². The fourth-order valence-electron chi connectivity index (χ4n) is 1.96. The molecule has 2 rings (SSSR count). The van der Waals surface area contributed by atoms with Gasteiger partial charge in [-0.3, -0.25) is 0 Å². The SMILES string of the molecule is CN1CCC(O)(c2cnnn2C)CC1. The van der Waals surface area contributed by atoms with Crippen molar-refractivity contribution in [3.63, 3.8) is 0 Å². The lowest BCUT2D eigenvalue weighted by Crippen LogP contribution is -2.41. The van der Waals surface area contributed by atoms with Gasteiger partial charge in [0.15, 0.2) is 0 Å². The van der Waals surface area contributed by atoms with E-state index in [1.165, 1.54) is 0 Å². The summed E-state index contributed by atoms with van der Waals surface area (Å²) in [7, 11) is 3.89. The lowest BCUT2D eigenvalue weighted by Gasteiger charge is -2.36. The van der Waals surface area contributed by atoms with Crippen molar-refractivity contribution in [2.75, 3.05) is 20.1 Å². The summed E-state index contributed by atoms with van der Waals surface area (Å²) in [4.78, 5) is 2.22. The van der Waals surface area contributed by atoms with E-state index in [0.717, 1.165) is 31.6 Å². The van der Waals surface area contributed by atoms with Gasteiger partial charge in [-0.15, -0.1) is 5.10 Å². The molecule has 1 aromatic rings. The second kappa shape index (κ2) is 3.33. The van der Waals surface area contributed by atoms with Crippen LogP contribution < -0.4 is 0 Å². The second-order valence-corrected chi connectivity index (χ2v) is 4.08. The molecule has 0 aromatic carbocycles. The van der Waals surface area contributed by atoms with Crippen molar-refractivity contribution >= 4 is 0 Å². The Morgan fingerprint density at radius 3 is 2.50 bits per heavy atom. The monoisotopic (exact) mass is 196 g/mol. The topological polar surface area (TPSA) is 54.2 Å². The van der Waals surface area contributed by atoms with Gasteiger partial charge in [0.2, 0.25) is 0 Å². The van der Waals surface area contributed by atoms with E-state index in [1.54, 1.807) is 10.9 Å². The van der Waals surface area contributed by atoms with Crippen LogP contribution in [0.4, 0.5) is 0 Å². The van der Waals surface area contributed by atoms with Crippen LogP contribution in [-0.2, 0) is 12.6 Å². The van der Waals surface area contributed by atoms with Crippen LogP contribution in [0.25, 0.3) is 0 Å². The summed E-state index contributed by atoms with van der Waals surface area (Å²) in [5.41, 5.74) is 0.0932. The molecule has 0 bridgehead atoms. The highest BCUT2D eigenvalue weighted by molar-refractivity contribution is 5.09. The van der Waals surface area contributed by atoms with Gasteiger partial charge in [-0.05, 0) is 19.9 Å². The summed E-state index contributed by atoms with van der Waals surface area (Å²) in [6.07, 6.45) is 3.17. The highest BCUT2D eigenvalue weighted by Crippen LogP contribution is 2.31. The van der Waals surface area contributed by atoms with E-state index in [0.29, 0.717) is 0 Å². The third kappa shape index (κ3) is 1.53. The molecule has 14 heavy (non-hydrogen) atoms. The smallest absolute Gasteiger partial charge is 0.110 e. The molecule has 1 saturated heterocycles. The molecule has 0 aliphatic carbocycles. The van der Waals surface area contributed by atoms with Gasteiger partial charge in [0.05, 0.1) is 11.9 Å². The van der Waals surface area contributed by atoms with Crippen LogP contribution in [0.1, 0.15) is 18.5 Å². The molecular formula is C9H16N4O. The number of rotatable bonds is 1. The Hall–Kier alpha value is -0.940. The molecule has 0 spiro atoms. The first-order valence-corrected chi connectivity index (χ1v) is 4.88. The molecule has 5 heteroatoms. The highest BCUT2D eigenvalue weighted by atomic mass is 16.3. The fraction of sp³-hybridized carbons (Fsp3) is 0.778. The zero-order valence-corrected chi connectivity index (χ0v) is 8.64. The van der Waals surface area contributed by atoms with E-state index in [-0.39, 0.29) is 0 Å². The van der Waals surface area contributed by atoms with Crippen LogP contribution >= 0.6 is 0 Å². The van der Waals surface area contributed by atoms with Crippen LogP contribution in [0, 0.1) is 0 Å². The summed E-state index contributed by atoms with van der Waals surface area (Å²) >= 11 is 0. The van der Waals surface area contributed by atoms with Crippen LogP contribution in [0.2, 0.25) is 0 Å². The average Bonchev–Trinajstić information content (AvgIpc) is 2.58. The maximum Gasteiger partial charge on any atom is 0.110 e. The molecule has 78 valence electrons.